The van der Waals surface area contributed by atoms with Crippen molar-refractivity contribution in [2.24, 2.45) is 0 Å². The first-order valence-corrected chi connectivity index (χ1v) is 3.61. The fourth-order valence-corrected chi connectivity index (χ4v) is 0.905. The third-order valence-corrected chi connectivity index (χ3v) is 1.49. The number of aromatic nitrogens is 1. The number of carbonyl (C=O) groups excluding carboxylic acids is 1. The van der Waals surface area contributed by atoms with Gasteiger partial charge < -0.3 is 5.11 Å². The highest BCUT2D eigenvalue weighted by molar-refractivity contribution is 5.75. The number of alkyl halides is 3. The summed E-state index contributed by atoms with van der Waals surface area (Å²) in [5.74, 6) is 0. The quantitative estimate of drug-likeness (QED) is 0.742. The standard InChI is InChI=1S/C8H6F3NO2/c9-8(10,11)7-2-5(3-13)1-6(4-14)12-7/h1-3,14H,4H2. The monoisotopic (exact) mass is 205 g/mol. The molecule has 76 valence electrons. The van der Waals surface area contributed by atoms with E-state index in [0.717, 1.165) is 6.07 Å². The molecule has 0 aromatic carbocycles. The number of aliphatic hydroxyl groups excluding tert-OH is 1. The van der Waals surface area contributed by atoms with Crippen LogP contribution >= 0.6 is 0 Å². The van der Waals surface area contributed by atoms with Gasteiger partial charge in [0.15, 0.2) is 0 Å². The zero-order valence-electron chi connectivity index (χ0n) is 6.88. The molecule has 0 aliphatic rings. The molecular weight excluding hydrogens is 199 g/mol. The van der Waals surface area contributed by atoms with Crippen LogP contribution in [0.1, 0.15) is 21.7 Å². The Morgan fingerprint density at radius 1 is 1.43 bits per heavy atom. The largest absolute Gasteiger partial charge is 0.433 e. The lowest BCUT2D eigenvalue weighted by atomic mass is 10.2. The Balaban J connectivity index is 3.24. The fraction of sp³-hybridized carbons (Fsp3) is 0.250. The Labute approximate surface area is 77.2 Å². The second-order valence-corrected chi connectivity index (χ2v) is 2.55. The summed E-state index contributed by atoms with van der Waals surface area (Å²) in [6.07, 6.45) is -4.33. The third kappa shape index (κ3) is 2.29. The van der Waals surface area contributed by atoms with Crippen LogP contribution in [0.15, 0.2) is 12.1 Å². The molecule has 1 N–H and O–H groups in total. The highest BCUT2D eigenvalue weighted by atomic mass is 19.4. The summed E-state index contributed by atoms with van der Waals surface area (Å²) in [4.78, 5) is 13.4. The lowest BCUT2D eigenvalue weighted by molar-refractivity contribution is -0.141. The van der Waals surface area contributed by atoms with E-state index in [1.807, 2.05) is 0 Å². The van der Waals surface area contributed by atoms with E-state index in [-0.39, 0.29) is 17.5 Å². The van der Waals surface area contributed by atoms with Gasteiger partial charge in [0, 0.05) is 5.56 Å². The van der Waals surface area contributed by atoms with Gasteiger partial charge in [0.05, 0.1) is 12.3 Å². The number of aliphatic hydroxyl groups is 1. The van der Waals surface area contributed by atoms with Crippen LogP contribution in [0.5, 0.6) is 0 Å². The molecule has 0 amide bonds. The molecule has 0 aliphatic carbocycles. The number of nitrogens with zero attached hydrogens (tertiary/aromatic N) is 1. The van der Waals surface area contributed by atoms with Gasteiger partial charge in [0.25, 0.3) is 0 Å². The van der Waals surface area contributed by atoms with Crippen LogP contribution in [-0.2, 0) is 12.8 Å². The Morgan fingerprint density at radius 3 is 2.50 bits per heavy atom. The van der Waals surface area contributed by atoms with Crippen LogP contribution in [0.25, 0.3) is 0 Å². The summed E-state index contributed by atoms with van der Waals surface area (Å²) < 4.78 is 36.5. The van der Waals surface area contributed by atoms with Gasteiger partial charge in [-0.25, -0.2) is 4.98 Å². The van der Waals surface area contributed by atoms with Gasteiger partial charge in [-0.1, -0.05) is 0 Å². The molecule has 0 aliphatic heterocycles. The molecule has 6 heteroatoms. The van der Waals surface area contributed by atoms with Gasteiger partial charge in [-0.2, -0.15) is 13.2 Å². The minimum absolute atomic E-state index is 0.156. The maximum Gasteiger partial charge on any atom is 0.433 e. The van der Waals surface area contributed by atoms with Crippen LogP contribution in [0, 0.1) is 0 Å². The molecule has 0 bridgehead atoms. The molecule has 0 saturated heterocycles. The first-order chi connectivity index (χ1) is 6.47. The van der Waals surface area contributed by atoms with Crippen molar-refractivity contribution >= 4 is 6.29 Å². The van der Waals surface area contributed by atoms with E-state index in [9.17, 15) is 18.0 Å². The van der Waals surface area contributed by atoms with Crippen molar-refractivity contribution in [2.45, 2.75) is 12.8 Å². The van der Waals surface area contributed by atoms with Crippen molar-refractivity contribution in [3.05, 3.63) is 29.1 Å². The summed E-state index contributed by atoms with van der Waals surface area (Å²) in [7, 11) is 0. The highest BCUT2D eigenvalue weighted by Crippen LogP contribution is 2.28. The molecule has 0 radical (unpaired) electrons. The summed E-state index contributed by atoms with van der Waals surface area (Å²) >= 11 is 0. The summed E-state index contributed by atoms with van der Waals surface area (Å²) in [6.45, 7) is -0.634. The van der Waals surface area contributed by atoms with E-state index in [1.54, 1.807) is 0 Å². The highest BCUT2D eigenvalue weighted by Gasteiger charge is 2.33. The molecule has 0 atom stereocenters. The molecule has 3 nitrogen and oxygen atoms in total. The number of aldehydes is 1. The summed E-state index contributed by atoms with van der Waals surface area (Å²) in [6, 6.07) is 1.73. The van der Waals surface area contributed by atoms with Gasteiger partial charge in [0.1, 0.15) is 12.0 Å². The predicted molar refractivity (Wildman–Crippen MR) is 40.5 cm³/mol. The van der Waals surface area contributed by atoms with Gasteiger partial charge in [-0.3, -0.25) is 4.79 Å². The normalized spacial score (nSPS) is 11.4. The molecule has 14 heavy (non-hydrogen) atoms. The van der Waals surface area contributed by atoms with Gasteiger partial charge in [-0.05, 0) is 12.1 Å². The Bertz CT molecular complexity index is 349. The second-order valence-electron chi connectivity index (χ2n) is 2.55. The van der Waals surface area contributed by atoms with Crippen LogP contribution in [0.2, 0.25) is 0 Å². The van der Waals surface area contributed by atoms with Crippen molar-refractivity contribution in [1.82, 2.24) is 4.98 Å². The minimum Gasteiger partial charge on any atom is -0.390 e. The average molecular weight is 205 g/mol. The van der Waals surface area contributed by atoms with Crippen molar-refractivity contribution in [3.8, 4) is 0 Å². The van der Waals surface area contributed by atoms with Crippen molar-refractivity contribution in [3.63, 3.8) is 0 Å². The topological polar surface area (TPSA) is 50.2 Å². The predicted octanol–water partition coefficient (Wildman–Crippen LogP) is 1.41. The first-order valence-electron chi connectivity index (χ1n) is 3.61. The van der Waals surface area contributed by atoms with Crippen LogP contribution < -0.4 is 0 Å². The molecule has 0 unspecified atom stereocenters. The van der Waals surface area contributed by atoms with Crippen molar-refractivity contribution in [1.29, 1.82) is 0 Å². The molecule has 1 aromatic rings. The average Bonchev–Trinajstić information content (AvgIpc) is 2.15. The molecule has 1 aromatic heterocycles. The first kappa shape index (κ1) is 10.6. The van der Waals surface area contributed by atoms with E-state index >= 15 is 0 Å². The van der Waals surface area contributed by atoms with Gasteiger partial charge in [-0.15, -0.1) is 0 Å². The number of hydrogen-bond acceptors (Lipinski definition) is 3. The minimum atomic E-state index is -4.61. The Morgan fingerprint density at radius 2 is 2.07 bits per heavy atom. The van der Waals surface area contributed by atoms with Crippen molar-refractivity contribution in [2.75, 3.05) is 0 Å². The van der Waals surface area contributed by atoms with Gasteiger partial charge in [0.2, 0.25) is 0 Å². The maximum atomic E-state index is 12.2. The van der Waals surface area contributed by atoms with Crippen LogP contribution in [-0.4, -0.2) is 16.4 Å². The fourth-order valence-electron chi connectivity index (χ4n) is 0.905. The van der Waals surface area contributed by atoms with E-state index in [0.29, 0.717) is 6.07 Å². The Kier molecular flexibility index (Phi) is 2.85. The maximum absolute atomic E-state index is 12.2. The summed E-state index contributed by atoms with van der Waals surface area (Å²) in [5.41, 5.74) is -1.51. The molecular formula is C8H6F3NO2. The van der Waals surface area contributed by atoms with E-state index in [2.05, 4.69) is 4.98 Å². The van der Waals surface area contributed by atoms with Crippen molar-refractivity contribution < 1.29 is 23.1 Å². The number of hydrogen-bond donors (Lipinski definition) is 1. The smallest absolute Gasteiger partial charge is 0.390 e. The third-order valence-electron chi connectivity index (χ3n) is 1.49. The zero-order chi connectivity index (χ0) is 10.8. The number of rotatable bonds is 2. The molecule has 1 heterocycles. The molecule has 0 spiro atoms. The number of halogens is 3. The van der Waals surface area contributed by atoms with Gasteiger partial charge >= 0.3 is 6.18 Å². The molecule has 1 rings (SSSR count). The number of pyridine rings is 1. The second kappa shape index (κ2) is 3.75. The van der Waals surface area contributed by atoms with Crippen LogP contribution in [0.3, 0.4) is 0 Å². The Hall–Kier alpha value is -1.43. The summed E-state index contributed by atoms with van der Waals surface area (Å²) in [5, 5.41) is 8.60. The van der Waals surface area contributed by atoms with Crippen LogP contribution in [0.4, 0.5) is 13.2 Å². The lowest BCUT2D eigenvalue weighted by Gasteiger charge is -2.07. The zero-order valence-corrected chi connectivity index (χ0v) is 6.88. The lowest BCUT2D eigenvalue weighted by Crippen LogP contribution is -2.10. The van der Waals surface area contributed by atoms with E-state index in [1.165, 1.54) is 0 Å². The SMILES string of the molecule is O=Cc1cc(CO)nc(C(F)(F)F)c1. The molecule has 0 saturated carbocycles. The van der Waals surface area contributed by atoms with E-state index < -0.39 is 18.5 Å². The molecule has 0 fully saturated rings. The van der Waals surface area contributed by atoms with E-state index in [4.69, 9.17) is 5.11 Å². The number of carbonyl (C=O) groups is 1.